The molecule has 0 radical (unpaired) electrons. The van der Waals surface area contributed by atoms with Gasteiger partial charge in [-0.1, -0.05) is 0 Å². The van der Waals surface area contributed by atoms with Crippen molar-refractivity contribution in [1.82, 2.24) is 9.97 Å². The molecule has 1 aliphatic rings. The van der Waals surface area contributed by atoms with E-state index in [0.29, 0.717) is 5.95 Å². The van der Waals surface area contributed by atoms with Gasteiger partial charge in [0.05, 0.1) is 5.39 Å². The summed E-state index contributed by atoms with van der Waals surface area (Å²) in [6, 6.07) is 2.03. The molecule has 20 heavy (non-hydrogen) atoms. The van der Waals surface area contributed by atoms with Crippen LogP contribution in [0.2, 0.25) is 0 Å². The molecule has 108 valence electrons. The lowest BCUT2D eigenvalue weighted by atomic mass is 10.3. The molecular weight excluding hydrogens is 278 g/mol. The van der Waals surface area contributed by atoms with E-state index in [0.717, 1.165) is 29.1 Å². The minimum Gasteiger partial charge on any atom is -0.377 e. The summed E-state index contributed by atoms with van der Waals surface area (Å²) in [6.45, 7) is 1.47. The van der Waals surface area contributed by atoms with Crippen LogP contribution in [-0.4, -0.2) is 49.5 Å². The highest BCUT2D eigenvalue weighted by Gasteiger charge is 2.34. The fraction of sp³-hybridized carbons (Fsp3) is 0.500. The first-order valence-electron chi connectivity index (χ1n) is 6.29. The number of hydrogen-bond acceptors (Lipinski definition) is 8. The van der Waals surface area contributed by atoms with Crippen molar-refractivity contribution in [2.75, 3.05) is 37.6 Å². The van der Waals surface area contributed by atoms with Crippen molar-refractivity contribution in [2.45, 2.75) is 12.2 Å². The average molecular weight is 295 g/mol. The van der Waals surface area contributed by atoms with Crippen LogP contribution in [0.4, 0.5) is 11.8 Å². The molecule has 1 saturated heterocycles. The van der Waals surface area contributed by atoms with Crippen LogP contribution in [0.25, 0.3) is 10.2 Å². The van der Waals surface area contributed by atoms with Gasteiger partial charge in [0, 0.05) is 27.3 Å². The molecule has 3 N–H and O–H groups in total. The molecule has 2 unspecified atom stereocenters. The van der Waals surface area contributed by atoms with Crippen molar-refractivity contribution in [3.8, 4) is 0 Å². The molecule has 1 fully saturated rings. The van der Waals surface area contributed by atoms with E-state index in [-0.39, 0.29) is 12.2 Å². The van der Waals surface area contributed by atoms with Gasteiger partial charge >= 0.3 is 0 Å². The average Bonchev–Trinajstić information content (AvgIpc) is 3.11. The number of rotatable bonds is 4. The maximum Gasteiger partial charge on any atom is 0.240 e. The Kier molecular flexibility index (Phi) is 3.70. The molecule has 3 rings (SSSR count). The Balaban J connectivity index is 1.99. The number of methoxy groups -OCH3 is 2. The molecule has 0 amide bonds. The van der Waals surface area contributed by atoms with E-state index in [1.165, 1.54) is 0 Å². The van der Waals surface area contributed by atoms with Crippen molar-refractivity contribution in [3.05, 3.63) is 11.4 Å². The highest BCUT2D eigenvalue weighted by atomic mass is 32.1. The molecule has 3 heterocycles. The van der Waals surface area contributed by atoms with Crippen molar-refractivity contribution < 1.29 is 9.47 Å². The molecule has 2 aromatic rings. The first-order valence-corrected chi connectivity index (χ1v) is 7.17. The molecule has 7 nitrogen and oxygen atoms in total. The van der Waals surface area contributed by atoms with Crippen molar-refractivity contribution in [3.63, 3.8) is 0 Å². The largest absolute Gasteiger partial charge is 0.377 e. The van der Waals surface area contributed by atoms with Crippen molar-refractivity contribution in [2.24, 2.45) is 5.84 Å². The summed E-state index contributed by atoms with van der Waals surface area (Å²) in [5.74, 6) is 6.73. The number of nitrogens with zero attached hydrogens (tertiary/aromatic N) is 3. The molecule has 0 aliphatic carbocycles. The summed E-state index contributed by atoms with van der Waals surface area (Å²) in [5.41, 5.74) is 2.52. The predicted octanol–water partition coefficient (Wildman–Crippen LogP) is 0.827. The van der Waals surface area contributed by atoms with Gasteiger partial charge in [-0.25, -0.2) is 10.8 Å². The molecule has 0 bridgehead atoms. The fourth-order valence-corrected chi connectivity index (χ4v) is 3.27. The van der Waals surface area contributed by atoms with Crippen LogP contribution in [0, 0.1) is 0 Å². The molecule has 0 aromatic carbocycles. The minimum atomic E-state index is 0.0398. The quantitative estimate of drug-likeness (QED) is 0.638. The Morgan fingerprint density at radius 2 is 2.00 bits per heavy atom. The lowest BCUT2D eigenvalue weighted by molar-refractivity contribution is -0.00461. The van der Waals surface area contributed by atoms with E-state index in [4.69, 9.17) is 15.3 Å². The van der Waals surface area contributed by atoms with E-state index in [1.54, 1.807) is 25.6 Å². The Hall–Kier alpha value is -1.48. The van der Waals surface area contributed by atoms with Gasteiger partial charge in [0.15, 0.2) is 0 Å². The van der Waals surface area contributed by atoms with Crippen LogP contribution in [0.1, 0.15) is 0 Å². The fourth-order valence-electron chi connectivity index (χ4n) is 2.52. The zero-order valence-electron chi connectivity index (χ0n) is 11.4. The van der Waals surface area contributed by atoms with Gasteiger partial charge in [0.1, 0.15) is 22.9 Å². The second-order valence-electron chi connectivity index (χ2n) is 4.61. The summed E-state index contributed by atoms with van der Waals surface area (Å²) in [6.07, 6.45) is 0.0795. The third kappa shape index (κ3) is 2.20. The van der Waals surface area contributed by atoms with Gasteiger partial charge in [0.25, 0.3) is 0 Å². The predicted molar refractivity (Wildman–Crippen MR) is 79.0 cm³/mol. The minimum absolute atomic E-state index is 0.0398. The zero-order chi connectivity index (χ0) is 14.1. The molecule has 8 heteroatoms. The molecule has 2 atom stereocenters. The monoisotopic (exact) mass is 295 g/mol. The van der Waals surface area contributed by atoms with Crippen LogP contribution < -0.4 is 16.2 Å². The second-order valence-corrected chi connectivity index (χ2v) is 5.50. The van der Waals surface area contributed by atoms with Crippen LogP contribution in [-0.2, 0) is 9.47 Å². The van der Waals surface area contributed by atoms with E-state index in [1.807, 2.05) is 11.4 Å². The number of ether oxygens (including phenoxy) is 2. The molecule has 0 saturated carbocycles. The summed E-state index contributed by atoms with van der Waals surface area (Å²) >= 11 is 1.57. The van der Waals surface area contributed by atoms with E-state index in [2.05, 4.69) is 20.3 Å². The van der Waals surface area contributed by atoms with Gasteiger partial charge in [-0.2, -0.15) is 4.98 Å². The SMILES string of the molecule is COC1CN(c2nc(NN)nc3sccc23)CC1OC. The maximum absolute atomic E-state index is 5.47. The van der Waals surface area contributed by atoms with Crippen molar-refractivity contribution in [1.29, 1.82) is 0 Å². The number of thiophene rings is 1. The molecule has 2 aromatic heterocycles. The normalized spacial score (nSPS) is 22.6. The van der Waals surface area contributed by atoms with E-state index in [9.17, 15) is 0 Å². The maximum atomic E-state index is 5.47. The Morgan fingerprint density at radius 3 is 2.60 bits per heavy atom. The topological polar surface area (TPSA) is 85.5 Å². The van der Waals surface area contributed by atoms with Gasteiger partial charge in [-0.15, -0.1) is 11.3 Å². The highest BCUT2D eigenvalue weighted by Crippen LogP contribution is 2.31. The van der Waals surface area contributed by atoms with Gasteiger partial charge < -0.3 is 14.4 Å². The lowest BCUT2D eigenvalue weighted by Crippen LogP contribution is -2.27. The van der Waals surface area contributed by atoms with E-state index < -0.39 is 0 Å². The van der Waals surface area contributed by atoms with Gasteiger partial charge in [-0.3, -0.25) is 5.43 Å². The molecular formula is C12H17N5O2S. The number of fused-ring (bicyclic) bond motifs is 1. The summed E-state index contributed by atoms with van der Waals surface area (Å²) in [4.78, 5) is 11.9. The summed E-state index contributed by atoms with van der Waals surface area (Å²) in [5, 5.41) is 3.03. The van der Waals surface area contributed by atoms with Crippen LogP contribution in [0.3, 0.4) is 0 Å². The third-order valence-corrected chi connectivity index (χ3v) is 4.36. The highest BCUT2D eigenvalue weighted by molar-refractivity contribution is 7.16. The van der Waals surface area contributed by atoms with Crippen LogP contribution in [0.15, 0.2) is 11.4 Å². The number of nitrogens with one attached hydrogen (secondary N) is 1. The standard InChI is InChI=1S/C12H17N5O2S/c1-18-8-5-17(6-9(8)19-2)10-7-3-4-20-11(7)15-12(14-10)16-13/h3-4,8-9H,5-6,13H2,1-2H3,(H,14,15,16). The number of nitrogen functional groups attached to an aromatic ring is 1. The first kappa shape index (κ1) is 13.5. The van der Waals surface area contributed by atoms with Crippen LogP contribution >= 0.6 is 11.3 Å². The summed E-state index contributed by atoms with van der Waals surface area (Å²) < 4.78 is 10.9. The Bertz CT molecular complexity index is 593. The Morgan fingerprint density at radius 1 is 1.30 bits per heavy atom. The number of anilines is 2. The Labute approximate surface area is 120 Å². The van der Waals surface area contributed by atoms with E-state index >= 15 is 0 Å². The number of hydrazine groups is 1. The number of hydrogen-bond donors (Lipinski definition) is 2. The smallest absolute Gasteiger partial charge is 0.240 e. The molecule has 0 spiro atoms. The van der Waals surface area contributed by atoms with Gasteiger partial charge in [0.2, 0.25) is 5.95 Å². The number of nitrogens with two attached hydrogens (primary N) is 1. The molecule has 1 aliphatic heterocycles. The lowest BCUT2D eigenvalue weighted by Gasteiger charge is -2.18. The van der Waals surface area contributed by atoms with Crippen LogP contribution in [0.5, 0.6) is 0 Å². The summed E-state index contributed by atoms with van der Waals surface area (Å²) in [7, 11) is 3.40. The second kappa shape index (κ2) is 5.49. The van der Waals surface area contributed by atoms with Crippen molar-refractivity contribution >= 4 is 33.3 Å². The third-order valence-electron chi connectivity index (χ3n) is 3.55. The first-order chi connectivity index (χ1) is 9.76. The van der Waals surface area contributed by atoms with Gasteiger partial charge in [-0.05, 0) is 11.4 Å². The zero-order valence-corrected chi connectivity index (χ0v) is 12.2. The number of aromatic nitrogens is 2.